The molecule has 29 heavy (non-hydrogen) atoms. The van der Waals surface area contributed by atoms with E-state index in [1.54, 1.807) is 16.8 Å². The first-order valence-electron chi connectivity index (χ1n) is 10.1. The molecule has 4 amide bonds. The minimum Gasteiger partial charge on any atom is -0.454 e. The number of benzene rings is 1. The Balaban J connectivity index is 1.43. The van der Waals surface area contributed by atoms with Crippen LogP contribution >= 0.6 is 0 Å². The molecule has 8 heteroatoms. The maximum atomic E-state index is 12.9. The van der Waals surface area contributed by atoms with Crippen LogP contribution in [-0.2, 0) is 16.0 Å². The maximum Gasteiger partial charge on any atom is 0.327 e. The number of hydrogen-bond acceptors (Lipinski definition) is 5. The van der Waals surface area contributed by atoms with Gasteiger partial charge in [0, 0.05) is 26.7 Å². The van der Waals surface area contributed by atoms with Crippen molar-refractivity contribution in [2.75, 3.05) is 33.5 Å². The summed E-state index contributed by atoms with van der Waals surface area (Å²) in [7, 11) is 1.55. The molecule has 0 unspecified atom stereocenters. The van der Waals surface area contributed by atoms with Crippen LogP contribution in [0.25, 0.3) is 0 Å². The molecule has 0 N–H and O–H groups in total. The number of carbonyl (C=O) groups excluding carboxylic acids is 3. The fraction of sp³-hybridized carbons (Fsp3) is 0.571. The van der Waals surface area contributed by atoms with Gasteiger partial charge in [0.1, 0.15) is 5.54 Å². The molecular formula is C21H27N3O5. The molecule has 8 nitrogen and oxygen atoms in total. The van der Waals surface area contributed by atoms with Crippen molar-refractivity contribution in [2.24, 2.45) is 5.92 Å². The Labute approximate surface area is 170 Å². The molecule has 0 saturated carbocycles. The number of likely N-dealkylation sites (N-methyl/N-ethyl adjacent to an activating group) is 1. The number of carbonyl (C=O) groups is 3. The van der Waals surface area contributed by atoms with E-state index in [2.05, 4.69) is 0 Å². The van der Waals surface area contributed by atoms with Crippen molar-refractivity contribution in [3.63, 3.8) is 0 Å². The first kappa shape index (κ1) is 19.5. The fourth-order valence-electron chi connectivity index (χ4n) is 4.44. The highest BCUT2D eigenvalue weighted by Gasteiger charge is 2.57. The van der Waals surface area contributed by atoms with E-state index >= 15 is 0 Å². The van der Waals surface area contributed by atoms with Crippen LogP contribution in [0, 0.1) is 5.92 Å². The Hall–Kier alpha value is -2.77. The van der Waals surface area contributed by atoms with Gasteiger partial charge in [0.2, 0.25) is 12.7 Å². The predicted molar refractivity (Wildman–Crippen MR) is 105 cm³/mol. The van der Waals surface area contributed by atoms with E-state index in [-0.39, 0.29) is 37.0 Å². The summed E-state index contributed by atoms with van der Waals surface area (Å²) in [5, 5.41) is 0. The van der Waals surface area contributed by atoms with Gasteiger partial charge in [-0.1, -0.05) is 19.9 Å². The number of urea groups is 1. The Kier molecular flexibility index (Phi) is 4.88. The number of fused-ring (bicyclic) bond motifs is 1. The van der Waals surface area contributed by atoms with E-state index in [4.69, 9.17) is 9.47 Å². The molecule has 0 aliphatic carbocycles. The van der Waals surface area contributed by atoms with Gasteiger partial charge in [-0.15, -0.1) is 0 Å². The SMILES string of the molecule is CC(C)CN1C(=O)N(C)C(=O)C12CCN(C(=O)Cc1ccc3c(c1)OCO3)CC2. The number of nitrogens with zero attached hydrogens (tertiary/aromatic N) is 3. The summed E-state index contributed by atoms with van der Waals surface area (Å²) in [6, 6.07) is 5.29. The van der Waals surface area contributed by atoms with E-state index in [0.717, 1.165) is 5.56 Å². The number of amides is 4. The van der Waals surface area contributed by atoms with Crippen molar-refractivity contribution >= 4 is 17.8 Å². The zero-order chi connectivity index (χ0) is 20.8. The van der Waals surface area contributed by atoms with E-state index in [1.165, 1.54) is 4.90 Å². The molecule has 1 aromatic carbocycles. The molecule has 2 saturated heterocycles. The number of hydrogen-bond donors (Lipinski definition) is 0. The van der Waals surface area contributed by atoms with Gasteiger partial charge in [0.25, 0.3) is 5.91 Å². The number of piperidine rings is 1. The van der Waals surface area contributed by atoms with Crippen molar-refractivity contribution in [3.05, 3.63) is 23.8 Å². The third-order valence-electron chi connectivity index (χ3n) is 6.02. The van der Waals surface area contributed by atoms with Crippen LogP contribution in [0.2, 0.25) is 0 Å². The first-order chi connectivity index (χ1) is 13.8. The molecule has 156 valence electrons. The molecule has 0 atom stereocenters. The van der Waals surface area contributed by atoms with Crippen molar-refractivity contribution in [1.82, 2.24) is 14.7 Å². The lowest BCUT2D eigenvalue weighted by atomic mass is 9.85. The van der Waals surface area contributed by atoms with Crippen LogP contribution in [0.3, 0.4) is 0 Å². The average Bonchev–Trinajstić information content (AvgIpc) is 3.23. The van der Waals surface area contributed by atoms with Crippen LogP contribution < -0.4 is 9.47 Å². The molecule has 0 radical (unpaired) electrons. The number of rotatable bonds is 4. The lowest BCUT2D eigenvalue weighted by molar-refractivity contribution is -0.140. The highest BCUT2D eigenvalue weighted by molar-refractivity contribution is 6.07. The average molecular weight is 401 g/mol. The van der Waals surface area contributed by atoms with Gasteiger partial charge in [-0.25, -0.2) is 4.79 Å². The van der Waals surface area contributed by atoms with Gasteiger partial charge < -0.3 is 19.3 Å². The van der Waals surface area contributed by atoms with Crippen LogP contribution in [0.15, 0.2) is 18.2 Å². The second-order valence-corrected chi connectivity index (χ2v) is 8.43. The van der Waals surface area contributed by atoms with E-state index in [0.29, 0.717) is 44.0 Å². The van der Waals surface area contributed by atoms with Gasteiger partial charge in [0.05, 0.1) is 6.42 Å². The molecular weight excluding hydrogens is 374 g/mol. The molecule has 2 fully saturated rings. The Morgan fingerprint density at radius 1 is 1.14 bits per heavy atom. The summed E-state index contributed by atoms with van der Waals surface area (Å²) in [6.07, 6.45) is 1.22. The zero-order valence-electron chi connectivity index (χ0n) is 17.1. The van der Waals surface area contributed by atoms with Crippen LogP contribution in [0.5, 0.6) is 11.5 Å². The molecule has 4 rings (SSSR count). The minimum atomic E-state index is -0.814. The zero-order valence-corrected chi connectivity index (χ0v) is 17.1. The predicted octanol–water partition coefficient (Wildman–Crippen LogP) is 1.87. The van der Waals surface area contributed by atoms with Crippen LogP contribution in [0.1, 0.15) is 32.3 Å². The lowest BCUT2D eigenvalue weighted by Gasteiger charge is -2.42. The fourth-order valence-corrected chi connectivity index (χ4v) is 4.44. The third-order valence-corrected chi connectivity index (χ3v) is 6.02. The number of ether oxygens (including phenoxy) is 2. The lowest BCUT2D eigenvalue weighted by Crippen LogP contribution is -2.58. The van der Waals surface area contributed by atoms with E-state index < -0.39 is 5.54 Å². The van der Waals surface area contributed by atoms with Crippen LogP contribution in [-0.4, -0.2) is 71.6 Å². The second-order valence-electron chi connectivity index (χ2n) is 8.43. The molecule has 1 aromatic rings. The van der Waals surface area contributed by atoms with Crippen molar-refractivity contribution in [3.8, 4) is 11.5 Å². The van der Waals surface area contributed by atoms with Gasteiger partial charge in [0.15, 0.2) is 11.5 Å². The Morgan fingerprint density at radius 3 is 2.52 bits per heavy atom. The summed E-state index contributed by atoms with van der Waals surface area (Å²) >= 11 is 0. The van der Waals surface area contributed by atoms with Crippen molar-refractivity contribution in [1.29, 1.82) is 0 Å². The molecule has 3 heterocycles. The Morgan fingerprint density at radius 2 is 1.83 bits per heavy atom. The summed E-state index contributed by atoms with van der Waals surface area (Å²) in [5.74, 6) is 1.49. The largest absolute Gasteiger partial charge is 0.454 e. The number of imide groups is 1. The van der Waals surface area contributed by atoms with E-state index in [1.807, 2.05) is 32.0 Å². The highest BCUT2D eigenvalue weighted by atomic mass is 16.7. The standard InChI is InChI=1S/C21H27N3O5/c1-14(2)12-24-20(27)22(3)19(26)21(24)6-8-23(9-7-21)18(25)11-15-4-5-16-17(10-15)29-13-28-16/h4-5,10,14H,6-9,11-13H2,1-3H3. The van der Waals surface area contributed by atoms with Gasteiger partial charge >= 0.3 is 6.03 Å². The summed E-state index contributed by atoms with van der Waals surface area (Å²) in [5.41, 5.74) is 0.0545. The summed E-state index contributed by atoms with van der Waals surface area (Å²) in [6.45, 7) is 5.74. The molecule has 3 aliphatic heterocycles. The molecule has 1 spiro atoms. The van der Waals surface area contributed by atoms with Crippen LogP contribution in [0.4, 0.5) is 4.79 Å². The topological polar surface area (TPSA) is 79.4 Å². The first-order valence-corrected chi connectivity index (χ1v) is 10.1. The second kappa shape index (κ2) is 7.24. The normalized spacial score (nSPS) is 20.3. The Bertz CT molecular complexity index is 845. The summed E-state index contributed by atoms with van der Waals surface area (Å²) < 4.78 is 10.7. The summed E-state index contributed by atoms with van der Waals surface area (Å²) in [4.78, 5) is 43.1. The van der Waals surface area contributed by atoms with Crippen molar-refractivity contribution in [2.45, 2.75) is 38.6 Å². The molecule has 3 aliphatic rings. The maximum absolute atomic E-state index is 12.9. The minimum absolute atomic E-state index is 0.0132. The number of likely N-dealkylation sites (tertiary alicyclic amines) is 1. The molecule has 0 bridgehead atoms. The smallest absolute Gasteiger partial charge is 0.327 e. The third kappa shape index (κ3) is 3.30. The highest BCUT2D eigenvalue weighted by Crippen LogP contribution is 2.37. The quantitative estimate of drug-likeness (QED) is 0.720. The monoisotopic (exact) mass is 401 g/mol. The van der Waals surface area contributed by atoms with Crippen molar-refractivity contribution < 1.29 is 23.9 Å². The van der Waals surface area contributed by atoms with Gasteiger partial charge in [-0.2, -0.15) is 0 Å². The van der Waals surface area contributed by atoms with Gasteiger partial charge in [-0.05, 0) is 36.5 Å². The molecule has 0 aromatic heterocycles. The van der Waals surface area contributed by atoms with E-state index in [9.17, 15) is 14.4 Å². The van der Waals surface area contributed by atoms with Gasteiger partial charge in [-0.3, -0.25) is 14.5 Å².